The van der Waals surface area contributed by atoms with Crippen LogP contribution in [0, 0.1) is 5.92 Å². The first-order valence-electron chi connectivity index (χ1n) is 13.9. The van der Waals surface area contributed by atoms with Crippen molar-refractivity contribution in [1.29, 1.82) is 0 Å². The maximum Gasteiger partial charge on any atom is 0.328 e. The number of amides is 2. The van der Waals surface area contributed by atoms with Gasteiger partial charge in [-0.1, -0.05) is 112 Å². The van der Waals surface area contributed by atoms with E-state index >= 15 is 0 Å². The van der Waals surface area contributed by atoms with Gasteiger partial charge in [0, 0.05) is 13.0 Å². The second-order valence-electron chi connectivity index (χ2n) is 10.5. The Bertz CT molecular complexity index is 1190. The fourth-order valence-corrected chi connectivity index (χ4v) is 4.39. The van der Waals surface area contributed by atoms with Crippen LogP contribution in [-0.2, 0) is 32.1 Å². The van der Waals surface area contributed by atoms with Gasteiger partial charge < -0.3 is 20.7 Å². The van der Waals surface area contributed by atoms with Gasteiger partial charge in [0.05, 0.1) is 6.54 Å². The van der Waals surface area contributed by atoms with Crippen molar-refractivity contribution in [2.45, 2.75) is 58.2 Å². The van der Waals surface area contributed by atoms with Crippen LogP contribution in [0.4, 0.5) is 0 Å². The van der Waals surface area contributed by atoms with E-state index in [-0.39, 0.29) is 30.9 Å². The quantitative estimate of drug-likeness (QED) is 0.247. The number of nitrogens with one attached hydrogen (secondary N) is 3. The van der Waals surface area contributed by atoms with Gasteiger partial charge in [-0.15, -0.1) is 0 Å². The predicted octanol–water partition coefficient (Wildman–Crippen LogP) is 4.38. The lowest BCUT2D eigenvalue weighted by Crippen LogP contribution is -2.54. The van der Waals surface area contributed by atoms with Crippen molar-refractivity contribution in [2.24, 2.45) is 5.92 Å². The maximum absolute atomic E-state index is 13.5. The molecule has 0 aliphatic heterocycles. The first-order chi connectivity index (χ1) is 19.3. The molecule has 0 radical (unpaired) electrons. The average molecular weight is 544 g/mol. The molecule has 3 N–H and O–H groups in total. The Morgan fingerprint density at radius 3 is 1.90 bits per heavy atom. The van der Waals surface area contributed by atoms with Gasteiger partial charge >= 0.3 is 5.97 Å². The van der Waals surface area contributed by atoms with Crippen molar-refractivity contribution in [3.8, 4) is 0 Å². The lowest BCUT2D eigenvalue weighted by atomic mass is 10.0. The molecule has 0 saturated carbocycles. The van der Waals surface area contributed by atoms with E-state index in [0.29, 0.717) is 19.4 Å². The van der Waals surface area contributed by atoms with Crippen molar-refractivity contribution >= 4 is 17.8 Å². The van der Waals surface area contributed by atoms with Crippen molar-refractivity contribution in [3.05, 3.63) is 108 Å². The monoisotopic (exact) mass is 543 g/mol. The molecule has 40 heavy (non-hydrogen) atoms. The molecule has 0 heterocycles. The molecule has 0 aliphatic rings. The van der Waals surface area contributed by atoms with Crippen molar-refractivity contribution in [2.75, 3.05) is 13.1 Å². The number of carbonyl (C=O) groups is 3. The lowest BCUT2D eigenvalue weighted by molar-refractivity contribution is -0.149. The van der Waals surface area contributed by atoms with E-state index in [9.17, 15) is 14.4 Å². The molecule has 7 heteroatoms. The van der Waals surface area contributed by atoms with Gasteiger partial charge in [0.15, 0.2) is 0 Å². The molecule has 7 nitrogen and oxygen atoms in total. The molecular weight excluding hydrogens is 502 g/mol. The molecule has 0 saturated heterocycles. The second-order valence-corrected chi connectivity index (χ2v) is 10.5. The Balaban J connectivity index is 1.62. The van der Waals surface area contributed by atoms with Gasteiger partial charge in [0.1, 0.15) is 18.7 Å². The summed E-state index contributed by atoms with van der Waals surface area (Å²) in [5.74, 6) is -0.823. The standard InChI is InChI=1S/C33H41N3O4/c1-24(2)19-30(33(39)40-23-27-15-9-5-10-16-27)36-32(38)29(20-26-13-7-4-8-14-26)35-31(37)22-34-21-25(3)28-17-11-6-12-18-28/h4-18,24-25,29-30,34H,19-23H2,1-3H3,(H,35,37)(H,36,38)/t25-,29-,30-/m1/s1. The van der Waals surface area contributed by atoms with Crippen LogP contribution < -0.4 is 16.0 Å². The van der Waals surface area contributed by atoms with Crippen LogP contribution in [0.1, 0.15) is 49.8 Å². The van der Waals surface area contributed by atoms with E-state index in [1.165, 1.54) is 5.56 Å². The molecule has 3 rings (SSSR count). The Hall–Kier alpha value is -3.97. The summed E-state index contributed by atoms with van der Waals surface area (Å²) in [7, 11) is 0. The number of esters is 1. The Kier molecular flexibility index (Phi) is 12.4. The zero-order valence-electron chi connectivity index (χ0n) is 23.6. The summed E-state index contributed by atoms with van der Waals surface area (Å²) >= 11 is 0. The Morgan fingerprint density at radius 1 is 0.725 bits per heavy atom. The number of benzene rings is 3. The average Bonchev–Trinajstić information content (AvgIpc) is 2.96. The van der Waals surface area contributed by atoms with Gasteiger partial charge in [-0.05, 0) is 34.9 Å². The van der Waals surface area contributed by atoms with Gasteiger partial charge in [-0.2, -0.15) is 0 Å². The maximum atomic E-state index is 13.5. The van der Waals surface area contributed by atoms with E-state index in [0.717, 1.165) is 11.1 Å². The molecule has 3 atom stereocenters. The zero-order chi connectivity index (χ0) is 28.7. The molecule has 0 spiro atoms. The highest BCUT2D eigenvalue weighted by molar-refractivity contribution is 5.91. The Labute approximate surface area is 237 Å². The molecule has 0 bridgehead atoms. The van der Waals surface area contributed by atoms with E-state index in [2.05, 4.69) is 35.0 Å². The van der Waals surface area contributed by atoms with Crippen LogP contribution >= 0.6 is 0 Å². The number of ether oxygens (including phenoxy) is 1. The molecule has 3 aromatic carbocycles. The smallest absolute Gasteiger partial charge is 0.328 e. The van der Waals surface area contributed by atoms with Gasteiger partial charge in [0.2, 0.25) is 11.8 Å². The topological polar surface area (TPSA) is 96.5 Å². The number of rotatable bonds is 15. The first kappa shape index (κ1) is 30.6. The van der Waals surface area contributed by atoms with Gasteiger partial charge in [0.25, 0.3) is 0 Å². The molecule has 0 unspecified atom stereocenters. The summed E-state index contributed by atoms with van der Waals surface area (Å²) in [6.45, 7) is 6.88. The minimum Gasteiger partial charge on any atom is -0.459 e. The van der Waals surface area contributed by atoms with Crippen LogP contribution in [0.25, 0.3) is 0 Å². The van der Waals surface area contributed by atoms with Crippen LogP contribution in [0.3, 0.4) is 0 Å². The minimum absolute atomic E-state index is 0.0737. The third-order valence-electron chi connectivity index (χ3n) is 6.57. The molecule has 0 fully saturated rings. The highest BCUT2D eigenvalue weighted by Crippen LogP contribution is 2.13. The number of hydrogen-bond donors (Lipinski definition) is 3. The third kappa shape index (κ3) is 10.7. The second kappa shape index (κ2) is 16.2. The molecule has 0 aromatic heterocycles. The molecule has 2 amide bonds. The molecular formula is C33H41N3O4. The van der Waals surface area contributed by atoms with Crippen LogP contribution in [0.15, 0.2) is 91.0 Å². The zero-order valence-corrected chi connectivity index (χ0v) is 23.6. The van der Waals surface area contributed by atoms with E-state index in [4.69, 9.17) is 4.74 Å². The van der Waals surface area contributed by atoms with Crippen LogP contribution in [0.2, 0.25) is 0 Å². The lowest BCUT2D eigenvalue weighted by Gasteiger charge is -2.24. The Morgan fingerprint density at radius 2 is 1.30 bits per heavy atom. The summed E-state index contributed by atoms with van der Waals surface area (Å²) in [6.07, 6.45) is 0.719. The van der Waals surface area contributed by atoms with Crippen molar-refractivity contribution < 1.29 is 19.1 Å². The van der Waals surface area contributed by atoms with Crippen LogP contribution in [-0.4, -0.2) is 43.0 Å². The van der Waals surface area contributed by atoms with Gasteiger partial charge in [-0.25, -0.2) is 4.79 Å². The fraction of sp³-hybridized carbons (Fsp3) is 0.364. The summed E-state index contributed by atoms with van der Waals surface area (Å²) in [5.41, 5.74) is 2.96. The highest BCUT2D eigenvalue weighted by atomic mass is 16.5. The van der Waals surface area contributed by atoms with Crippen LogP contribution in [0.5, 0.6) is 0 Å². The SMILES string of the molecule is CC(C)C[C@@H](NC(=O)[C@@H](Cc1ccccc1)NC(=O)CNC[C@@H](C)c1ccccc1)C(=O)OCc1ccccc1. The van der Waals surface area contributed by atoms with E-state index < -0.39 is 24.0 Å². The first-order valence-corrected chi connectivity index (χ1v) is 13.9. The van der Waals surface area contributed by atoms with E-state index in [1.54, 1.807) is 0 Å². The molecule has 0 aliphatic carbocycles. The number of carbonyl (C=O) groups excluding carboxylic acids is 3. The normalized spacial score (nSPS) is 13.2. The minimum atomic E-state index is -0.847. The fourth-order valence-electron chi connectivity index (χ4n) is 4.39. The van der Waals surface area contributed by atoms with Crippen molar-refractivity contribution in [1.82, 2.24) is 16.0 Å². The third-order valence-corrected chi connectivity index (χ3v) is 6.57. The summed E-state index contributed by atoms with van der Waals surface area (Å²) in [4.78, 5) is 39.3. The molecule has 3 aromatic rings. The molecule has 212 valence electrons. The summed E-state index contributed by atoms with van der Waals surface area (Å²) < 4.78 is 5.53. The van der Waals surface area contributed by atoms with Gasteiger partial charge in [-0.3, -0.25) is 9.59 Å². The predicted molar refractivity (Wildman–Crippen MR) is 157 cm³/mol. The summed E-state index contributed by atoms with van der Waals surface area (Å²) in [5, 5.41) is 8.92. The highest BCUT2D eigenvalue weighted by Gasteiger charge is 2.28. The number of hydrogen-bond acceptors (Lipinski definition) is 5. The largest absolute Gasteiger partial charge is 0.459 e. The summed E-state index contributed by atoms with van der Waals surface area (Å²) in [6, 6.07) is 27.3. The van der Waals surface area contributed by atoms with E-state index in [1.807, 2.05) is 92.7 Å². The van der Waals surface area contributed by atoms with Crippen molar-refractivity contribution in [3.63, 3.8) is 0 Å².